The summed E-state index contributed by atoms with van der Waals surface area (Å²) in [5.41, 5.74) is 4.02. The molecule has 1 amide bonds. The molecule has 0 radical (unpaired) electrons. The molecule has 0 aliphatic heterocycles. The fraction of sp³-hybridized carbons (Fsp3) is 0.200. The average molecular weight is 551 g/mol. The summed E-state index contributed by atoms with van der Waals surface area (Å²) in [5, 5.41) is 3.83. The van der Waals surface area contributed by atoms with E-state index in [1.807, 2.05) is 13.8 Å². The fourth-order valence-corrected chi connectivity index (χ4v) is 4.60. The largest absolute Gasteiger partial charge is 0.493 e. The van der Waals surface area contributed by atoms with Crippen LogP contribution < -0.4 is 19.1 Å². The lowest BCUT2D eigenvalue weighted by molar-refractivity contribution is 0.0954. The van der Waals surface area contributed by atoms with Gasteiger partial charge in [-0.05, 0) is 61.4 Å². The standard InChI is InChI=1S/C25H24Cl2N2O6S/c1-4-11-34-22-10-7-18(14-23(22)33-3)25(30)29-28-15-17-12-20(26)24(21(27)13-17)35-36(31,32)19-8-5-16(2)6-9-19/h5-10,12-15H,4,11H2,1-3H3,(H,29,30)/b28-15+. The minimum absolute atomic E-state index is 0.0322. The molecule has 0 aliphatic rings. The van der Waals surface area contributed by atoms with E-state index in [-0.39, 0.29) is 20.7 Å². The van der Waals surface area contributed by atoms with Gasteiger partial charge in [-0.3, -0.25) is 4.79 Å². The second-order valence-corrected chi connectivity index (χ2v) is 9.94. The van der Waals surface area contributed by atoms with Gasteiger partial charge in [0.25, 0.3) is 5.91 Å². The number of hydrogen-bond acceptors (Lipinski definition) is 7. The Labute approximate surface area is 219 Å². The Bertz CT molecular complexity index is 1350. The molecule has 11 heteroatoms. The molecule has 0 bridgehead atoms. The minimum Gasteiger partial charge on any atom is -0.493 e. The predicted molar refractivity (Wildman–Crippen MR) is 139 cm³/mol. The fourth-order valence-electron chi connectivity index (χ4n) is 2.97. The zero-order valence-electron chi connectivity index (χ0n) is 19.7. The van der Waals surface area contributed by atoms with E-state index >= 15 is 0 Å². The summed E-state index contributed by atoms with van der Waals surface area (Å²) in [6, 6.07) is 13.8. The Hall–Kier alpha value is -3.27. The highest BCUT2D eigenvalue weighted by molar-refractivity contribution is 7.87. The van der Waals surface area contributed by atoms with E-state index in [1.54, 1.807) is 30.3 Å². The maximum atomic E-state index is 12.6. The van der Waals surface area contributed by atoms with Gasteiger partial charge >= 0.3 is 10.1 Å². The van der Waals surface area contributed by atoms with E-state index in [1.165, 1.54) is 37.6 Å². The zero-order valence-corrected chi connectivity index (χ0v) is 22.1. The van der Waals surface area contributed by atoms with Crippen LogP contribution >= 0.6 is 23.2 Å². The molecule has 3 aromatic rings. The van der Waals surface area contributed by atoms with Crippen LogP contribution in [-0.2, 0) is 10.1 Å². The quantitative estimate of drug-likeness (QED) is 0.199. The molecule has 36 heavy (non-hydrogen) atoms. The highest BCUT2D eigenvalue weighted by Gasteiger charge is 2.21. The van der Waals surface area contributed by atoms with Crippen LogP contribution in [0.15, 0.2) is 64.6 Å². The number of nitrogens with one attached hydrogen (secondary N) is 1. The number of ether oxygens (including phenoxy) is 2. The third kappa shape index (κ3) is 6.90. The summed E-state index contributed by atoms with van der Waals surface area (Å²) in [5.74, 6) is 0.274. The minimum atomic E-state index is -4.14. The molecular formula is C25H24Cl2N2O6S. The van der Waals surface area contributed by atoms with Crippen molar-refractivity contribution >= 4 is 45.4 Å². The van der Waals surface area contributed by atoms with Crippen LogP contribution in [0, 0.1) is 6.92 Å². The van der Waals surface area contributed by atoms with E-state index in [9.17, 15) is 13.2 Å². The van der Waals surface area contributed by atoms with E-state index in [4.69, 9.17) is 36.9 Å². The van der Waals surface area contributed by atoms with E-state index in [0.29, 0.717) is 29.2 Å². The molecular weight excluding hydrogens is 527 g/mol. The predicted octanol–water partition coefficient (Wildman–Crippen LogP) is 5.63. The number of halogens is 2. The van der Waals surface area contributed by atoms with Crippen LogP contribution in [0.1, 0.15) is 34.8 Å². The Morgan fingerprint density at radius 1 is 1.03 bits per heavy atom. The van der Waals surface area contributed by atoms with Crippen molar-refractivity contribution in [3.05, 3.63) is 81.3 Å². The van der Waals surface area contributed by atoms with Gasteiger partial charge in [0.05, 0.1) is 30.0 Å². The smallest absolute Gasteiger partial charge is 0.339 e. The van der Waals surface area contributed by atoms with Gasteiger partial charge in [-0.15, -0.1) is 0 Å². The third-order valence-corrected chi connectivity index (χ3v) is 6.59. The van der Waals surface area contributed by atoms with Crippen molar-refractivity contribution in [2.45, 2.75) is 25.2 Å². The number of carbonyl (C=O) groups is 1. The number of rotatable bonds is 10. The molecule has 0 aromatic heterocycles. The number of nitrogens with zero attached hydrogens (tertiary/aromatic N) is 1. The first kappa shape index (κ1) is 27.3. The van der Waals surface area contributed by atoms with Crippen molar-refractivity contribution < 1.29 is 26.9 Å². The Morgan fingerprint density at radius 3 is 2.31 bits per heavy atom. The van der Waals surface area contributed by atoms with Gasteiger partial charge < -0.3 is 13.7 Å². The first-order valence-corrected chi connectivity index (χ1v) is 13.0. The summed E-state index contributed by atoms with van der Waals surface area (Å²) in [4.78, 5) is 12.4. The highest BCUT2D eigenvalue weighted by Crippen LogP contribution is 2.36. The Kier molecular flexibility index (Phi) is 9.19. The summed E-state index contributed by atoms with van der Waals surface area (Å²) < 4.78 is 41.2. The molecule has 1 N–H and O–H groups in total. The van der Waals surface area contributed by atoms with Crippen molar-refractivity contribution in [3.8, 4) is 17.2 Å². The average Bonchev–Trinajstić information content (AvgIpc) is 2.85. The lowest BCUT2D eigenvalue weighted by atomic mass is 10.2. The zero-order chi connectivity index (χ0) is 26.3. The van der Waals surface area contributed by atoms with Crippen LogP contribution in [-0.4, -0.2) is 34.3 Å². The van der Waals surface area contributed by atoms with Crippen LogP contribution in [0.3, 0.4) is 0 Å². The second-order valence-electron chi connectivity index (χ2n) is 7.58. The normalized spacial score (nSPS) is 11.4. The lowest BCUT2D eigenvalue weighted by Crippen LogP contribution is -2.17. The molecule has 3 rings (SSSR count). The van der Waals surface area contributed by atoms with Crippen molar-refractivity contribution in [1.82, 2.24) is 5.43 Å². The Morgan fingerprint density at radius 2 is 1.69 bits per heavy atom. The topological polar surface area (TPSA) is 103 Å². The van der Waals surface area contributed by atoms with E-state index in [0.717, 1.165) is 12.0 Å². The Balaban J connectivity index is 1.71. The van der Waals surface area contributed by atoms with Gasteiger partial charge in [0.15, 0.2) is 17.2 Å². The molecule has 0 spiro atoms. The van der Waals surface area contributed by atoms with Crippen molar-refractivity contribution in [2.24, 2.45) is 5.10 Å². The molecule has 8 nitrogen and oxygen atoms in total. The molecule has 190 valence electrons. The van der Waals surface area contributed by atoms with Gasteiger partial charge in [-0.25, -0.2) is 5.43 Å². The molecule has 0 saturated heterocycles. The maximum Gasteiger partial charge on any atom is 0.339 e. The van der Waals surface area contributed by atoms with E-state index in [2.05, 4.69) is 10.5 Å². The highest BCUT2D eigenvalue weighted by atomic mass is 35.5. The van der Waals surface area contributed by atoms with E-state index < -0.39 is 16.0 Å². The van der Waals surface area contributed by atoms with Crippen LogP contribution in [0.25, 0.3) is 0 Å². The molecule has 0 fully saturated rings. The van der Waals surface area contributed by atoms with Gasteiger partial charge in [0, 0.05) is 5.56 Å². The third-order valence-electron chi connectivity index (χ3n) is 4.79. The van der Waals surface area contributed by atoms with Gasteiger partial charge in [-0.1, -0.05) is 47.8 Å². The number of hydrogen-bond donors (Lipinski definition) is 1. The summed E-state index contributed by atoms with van der Waals surface area (Å²) >= 11 is 12.5. The summed E-state index contributed by atoms with van der Waals surface area (Å²) in [6.45, 7) is 4.35. The van der Waals surface area contributed by atoms with Crippen molar-refractivity contribution in [3.63, 3.8) is 0 Å². The number of benzene rings is 3. The first-order chi connectivity index (χ1) is 17.1. The van der Waals surface area contributed by atoms with Gasteiger partial charge in [-0.2, -0.15) is 13.5 Å². The lowest BCUT2D eigenvalue weighted by Gasteiger charge is -2.11. The van der Waals surface area contributed by atoms with Crippen LogP contribution in [0.4, 0.5) is 0 Å². The first-order valence-electron chi connectivity index (χ1n) is 10.8. The second kappa shape index (κ2) is 12.1. The molecule has 0 aliphatic carbocycles. The summed E-state index contributed by atoms with van der Waals surface area (Å²) in [6.07, 6.45) is 2.15. The van der Waals surface area contributed by atoms with Crippen molar-refractivity contribution in [1.29, 1.82) is 0 Å². The number of hydrazone groups is 1. The monoisotopic (exact) mass is 550 g/mol. The molecule has 0 heterocycles. The van der Waals surface area contributed by atoms with Gasteiger partial charge in [0.1, 0.15) is 4.90 Å². The number of aryl methyl sites for hydroxylation is 1. The number of carbonyl (C=O) groups excluding carboxylic acids is 1. The molecule has 0 saturated carbocycles. The van der Waals surface area contributed by atoms with Crippen molar-refractivity contribution in [2.75, 3.05) is 13.7 Å². The number of amides is 1. The molecule has 0 atom stereocenters. The molecule has 3 aromatic carbocycles. The summed E-state index contributed by atoms with van der Waals surface area (Å²) in [7, 11) is -2.65. The maximum absolute atomic E-state index is 12.6. The number of methoxy groups -OCH3 is 1. The van der Waals surface area contributed by atoms with Crippen LogP contribution in [0.5, 0.6) is 17.2 Å². The SMILES string of the molecule is CCCOc1ccc(C(=O)N/N=C/c2cc(Cl)c(OS(=O)(=O)c3ccc(C)cc3)c(Cl)c2)cc1OC. The van der Waals surface area contributed by atoms with Crippen LogP contribution in [0.2, 0.25) is 10.0 Å². The molecule has 0 unspecified atom stereocenters. The van der Waals surface area contributed by atoms with Gasteiger partial charge in [0.2, 0.25) is 0 Å².